The number of carbonyl (C=O) groups excluding carboxylic acids is 1. The van der Waals surface area contributed by atoms with Crippen LogP contribution in [0.4, 0.5) is 0 Å². The Balaban J connectivity index is 1.63. The molecule has 1 amide bonds. The number of amides is 1. The van der Waals surface area contributed by atoms with Crippen molar-refractivity contribution in [1.29, 1.82) is 0 Å². The maximum Gasteiger partial charge on any atom is 0.226 e. The van der Waals surface area contributed by atoms with Crippen molar-refractivity contribution in [3.63, 3.8) is 0 Å². The van der Waals surface area contributed by atoms with Crippen LogP contribution in [0.25, 0.3) is 0 Å². The summed E-state index contributed by atoms with van der Waals surface area (Å²) < 4.78 is 0. The molecule has 2 aliphatic heterocycles. The van der Waals surface area contributed by atoms with Gasteiger partial charge in [-0.05, 0) is 50.9 Å². The zero-order valence-corrected chi connectivity index (χ0v) is 14.1. The van der Waals surface area contributed by atoms with Crippen LogP contribution < -0.4 is 0 Å². The van der Waals surface area contributed by atoms with E-state index in [2.05, 4.69) is 21.6 Å². The summed E-state index contributed by atoms with van der Waals surface area (Å²) in [6.07, 6.45) is 10.1. The van der Waals surface area contributed by atoms with Crippen molar-refractivity contribution in [3.05, 3.63) is 0 Å². The second kappa shape index (κ2) is 7.87. The highest BCUT2D eigenvalue weighted by atomic mass is 32.2. The zero-order valence-electron chi connectivity index (χ0n) is 13.3. The van der Waals surface area contributed by atoms with E-state index in [9.17, 15) is 4.79 Å². The van der Waals surface area contributed by atoms with Crippen LogP contribution in [0.15, 0.2) is 0 Å². The molecule has 1 unspecified atom stereocenters. The normalized spacial score (nSPS) is 29.5. The van der Waals surface area contributed by atoms with Gasteiger partial charge in [0.2, 0.25) is 5.91 Å². The summed E-state index contributed by atoms with van der Waals surface area (Å²) in [5, 5.41) is 0. The maximum atomic E-state index is 12.9. The first-order valence-corrected chi connectivity index (χ1v) is 10.1. The second-order valence-corrected chi connectivity index (χ2v) is 8.11. The van der Waals surface area contributed by atoms with Crippen LogP contribution in [0.2, 0.25) is 0 Å². The van der Waals surface area contributed by atoms with Gasteiger partial charge < -0.3 is 9.80 Å². The number of likely N-dealkylation sites (tertiary alicyclic amines) is 1. The summed E-state index contributed by atoms with van der Waals surface area (Å²) in [7, 11) is 0. The number of piperidine rings is 1. The topological polar surface area (TPSA) is 23.6 Å². The lowest BCUT2D eigenvalue weighted by molar-refractivity contribution is -0.137. The van der Waals surface area contributed by atoms with Crippen molar-refractivity contribution in [2.45, 2.75) is 57.4 Å². The smallest absolute Gasteiger partial charge is 0.226 e. The Labute approximate surface area is 133 Å². The Kier molecular flexibility index (Phi) is 5.87. The third-order valence-electron chi connectivity index (χ3n) is 5.34. The van der Waals surface area contributed by atoms with Gasteiger partial charge in [-0.3, -0.25) is 4.79 Å². The molecule has 0 N–H and O–H groups in total. The molecule has 2 heterocycles. The Hall–Kier alpha value is -0.220. The molecule has 0 aromatic rings. The minimum absolute atomic E-state index is 0.344. The van der Waals surface area contributed by atoms with E-state index in [-0.39, 0.29) is 0 Å². The number of carbonyl (C=O) groups is 1. The monoisotopic (exact) mass is 310 g/mol. The van der Waals surface area contributed by atoms with Gasteiger partial charge in [-0.2, -0.15) is 11.8 Å². The van der Waals surface area contributed by atoms with E-state index < -0.39 is 0 Å². The van der Waals surface area contributed by atoms with Gasteiger partial charge >= 0.3 is 0 Å². The lowest BCUT2D eigenvalue weighted by Gasteiger charge is -2.37. The predicted octanol–water partition coefficient (Wildman–Crippen LogP) is 3.00. The molecular formula is C17H30N2OS. The van der Waals surface area contributed by atoms with E-state index in [1.807, 2.05) is 0 Å². The molecule has 0 bridgehead atoms. The van der Waals surface area contributed by atoms with Gasteiger partial charge in [0, 0.05) is 24.8 Å². The zero-order chi connectivity index (χ0) is 14.5. The highest BCUT2D eigenvalue weighted by Gasteiger charge is 2.33. The van der Waals surface area contributed by atoms with Crippen molar-refractivity contribution >= 4 is 17.7 Å². The molecule has 3 fully saturated rings. The summed E-state index contributed by atoms with van der Waals surface area (Å²) in [5.41, 5.74) is 0. The average Bonchev–Trinajstić information content (AvgIpc) is 2.96. The molecule has 3 aliphatic rings. The number of hydrogen-bond donors (Lipinski definition) is 0. The molecule has 3 rings (SSSR count). The number of thioether (sulfide) groups is 1. The molecule has 4 heteroatoms. The fourth-order valence-corrected chi connectivity index (χ4v) is 5.17. The Morgan fingerprint density at radius 2 is 1.71 bits per heavy atom. The van der Waals surface area contributed by atoms with E-state index in [1.54, 1.807) is 0 Å². The van der Waals surface area contributed by atoms with E-state index in [4.69, 9.17) is 0 Å². The minimum Gasteiger partial charge on any atom is -0.337 e. The summed E-state index contributed by atoms with van der Waals surface area (Å²) in [6.45, 7) is 4.60. The first kappa shape index (κ1) is 15.7. The number of nitrogens with zero attached hydrogens (tertiary/aromatic N) is 2. The summed E-state index contributed by atoms with van der Waals surface area (Å²) in [5.74, 6) is 3.20. The van der Waals surface area contributed by atoms with Crippen LogP contribution in [0.1, 0.15) is 51.4 Å². The summed E-state index contributed by atoms with van der Waals surface area (Å²) in [4.78, 5) is 17.8. The molecule has 0 radical (unpaired) electrons. The van der Waals surface area contributed by atoms with Crippen LogP contribution in [-0.4, -0.2) is 59.4 Å². The SMILES string of the molecule is O=C(C1CCCC1)N1CCCSCC1CN1CCCCC1. The molecule has 0 aromatic carbocycles. The fourth-order valence-electron chi connectivity index (χ4n) is 4.12. The lowest BCUT2D eigenvalue weighted by atomic mass is 10.0. The molecule has 0 aromatic heterocycles. The molecule has 1 saturated carbocycles. The van der Waals surface area contributed by atoms with Crippen molar-refractivity contribution in [2.24, 2.45) is 5.92 Å². The molecule has 21 heavy (non-hydrogen) atoms. The maximum absolute atomic E-state index is 12.9. The third kappa shape index (κ3) is 4.16. The summed E-state index contributed by atoms with van der Waals surface area (Å²) >= 11 is 2.06. The molecule has 1 atom stereocenters. The van der Waals surface area contributed by atoms with Gasteiger partial charge in [0.25, 0.3) is 0 Å². The van der Waals surface area contributed by atoms with Crippen molar-refractivity contribution in [2.75, 3.05) is 37.7 Å². The molecule has 3 nitrogen and oxygen atoms in total. The van der Waals surface area contributed by atoms with Gasteiger partial charge in [0.05, 0.1) is 6.04 Å². The summed E-state index contributed by atoms with van der Waals surface area (Å²) in [6, 6.07) is 0.462. The van der Waals surface area contributed by atoms with Crippen LogP contribution in [0.3, 0.4) is 0 Å². The standard InChI is InChI=1S/C17H30N2OS/c20-17(15-7-2-3-8-15)19-11-6-12-21-14-16(19)13-18-9-4-1-5-10-18/h15-16H,1-14H2. The molecule has 0 spiro atoms. The average molecular weight is 311 g/mol. The quantitative estimate of drug-likeness (QED) is 0.800. The van der Waals surface area contributed by atoms with Gasteiger partial charge in [-0.1, -0.05) is 19.3 Å². The van der Waals surface area contributed by atoms with Crippen LogP contribution in [0.5, 0.6) is 0 Å². The number of rotatable bonds is 3. The predicted molar refractivity (Wildman–Crippen MR) is 89.7 cm³/mol. The van der Waals surface area contributed by atoms with E-state index in [0.717, 1.165) is 31.7 Å². The Morgan fingerprint density at radius 3 is 2.48 bits per heavy atom. The van der Waals surface area contributed by atoms with Crippen molar-refractivity contribution < 1.29 is 4.79 Å². The largest absolute Gasteiger partial charge is 0.337 e. The molecule has 2 saturated heterocycles. The second-order valence-electron chi connectivity index (χ2n) is 6.96. The molecular weight excluding hydrogens is 280 g/mol. The van der Waals surface area contributed by atoms with E-state index >= 15 is 0 Å². The van der Waals surface area contributed by atoms with Gasteiger partial charge in [0.15, 0.2) is 0 Å². The van der Waals surface area contributed by atoms with Crippen LogP contribution in [-0.2, 0) is 4.79 Å². The highest BCUT2D eigenvalue weighted by molar-refractivity contribution is 7.99. The van der Waals surface area contributed by atoms with Crippen molar-refractivity contribution in [1.82, 2.24) is 9.80 Å². The number of hydrogen-bond acceptors (Lipinski definition) is 3. The fraction of sp³-hybridized carbons (Fsp3) is 0.941. The third-order valence-corrected chi connectivity index (χ3v) is 6.54. The minimum atomic E-state index is 0.344. The Morgan fingerprint density at radius 1 is 0.952 bits per heavy atom. The lowest BCUT2D eigenvalue weighted by Crippen LogP contribution is -2.50. The van der Waals surface area contributed by atoms with Gasteiger partial charge in [-0.25, -0.2) is 0 Å². The molecule has 1 aliphatic carbocycles. The van der Waals surface area contributed by atoms with Gasteiger partial charge in [-0.15, -0.1) is 0 Å². The highest BCUT2D eigenvalue weighted by Crippen LogP contribution is 2.29. The van der Waals surface area contributed by atoms with E-state index in [1.165, 1.54) is 57.4 Å². The van der Waals surface area contributed by atoms with Gasteiger partial charge in [0.1, 0.15) is 0 Å². The van der Waals surface area contributed by atoms with Crippen molar-refractivity contribution in [3.8, 4) is 0 Å². The van der Waals surface area contributed by atoms with Crippen LogP contribution >= 0.6 is 11.8 Å². The van der Waals surface area contributed by atoms with Crippen LogP contribution in [0, 0.1) is 5.92 Å². The first-order chi connectivity index (χ1) is 10.3. The Bertz CT molecular complexity index is 338. The van der Waals surface area contributed by atoms with E-state index in [0.29, 0.717) is 17.9 Å². The molecule has 120 valence electrons. The first-order valence-electron chi connectivity index (χ1n) is 8.95.